The molecule has 1 aromatic carbocycles. The first-order valence-electron chi connectivity index (χ1n) is 7.19. The molecule has 2 fully saturated rings. The van der Waals surface area contributed by atoms with E-state index in [1.165, 1.54) is 12.8 Å². The third-order valence-corrected chi connectivity index (χ3v) is 4.52. The van der Waals surface area contributed by atoms with E-state index in [1.807, 2.05) is 13.0 Å². The lowest BCUT2D eigenvalue weighted by Crippen LogP contribution is -2.47. The van der Waals surface area contributed by atoms with Gasteiger partial charge in [-0.3, -0.25) is 4.90 Å². The molecule has 1 aliphatic heterocycles. The average Bonchev–Trinajstić information content (AvgIpc) is 3.23. The highest BCUT2D eigenvalue weighted by atomic mass is 35.5. The number of rotatable bonds is 3. The quantitative estimate of drug-likeness (QED) is 0.923. The van der Waals surface area contributed by atoms with Crippen LogP contribution in [0.25, 0.3) is 0 Å². The normalized spacial score (nSPS) is 22.6. The third-order valence-electron chi connectivity index (χ3n) is 4.22. The molecule has 0 amide bonds. The molecule has 0 aromatic heterocycles. The smallest absolute Gasteiger partial charge is 0.0642 e. The molecule has 1 saturated heterocycles. The number of hydrogen-bond acceptors (Lipinski definition) is 3. The van der Waals surface area contributed by atoms with Crippen LogP contribution in [-0.4, -0.2) is 37.1 Å². The largest absolute Gasteiger partial charge is 0.368 e. The van der Waals surface area contributed by atoms with Crippen molar-refractivity contribution in [2.75, 3.05) is 31.1 Å². The Morgan fingerprint density at radius 1 is 1.21 bits per heavy atom. The second kappa shape index (κ2) is 5.31. The minimum absolute atomic E-state index is 0.0401. The van der Waals surface area contributed by atoms with Crippen molar-refractivity contribution in [2.24, 2.45) is 5.73 Å². The van der Waals surface area contributed by atoms with Crippen LogP contribution in [0.4, 0.5) is 5.69 Å². The lowest BCUT2D eigenvalue weighted by Gasteiger charge is -2.36. The lowest BCUT2D eigenvalue weighted by molar-refractivity contribution is 0.248. The van der Waals surface area contributed by atoms with Gasteiger partial charge in [0.25, 0.3) is 0 Å². The van der Waals surface area contributed by atoms with Gasteiger partial charge in [-0.2, -0.15) is 0 Å². The van der Waals surface area contributed by atoms with Gasteiger partial charge >= 0.3 is 0 Å². The number of benzene rings is 1. The van der Waals surface area contributed by atoms with E-state index in [9.17, 15) is 0 Å². The van der Waals surface area contributed by atoms with Crippen molar-refractivity contribution >= 4 is 17.3 Å². The van der Waals surface area contributed by atoms with Crippen LogP contribution in [0.2, 0.25) is 5.02 Å². The van der Waals surface area contributed by atoms with Crippen LogP contribution in [0.1, 0.15) is 31.4 Å². The zero-order valence-electron chi connectivity index (χ0n) is 11.5. The maximum Gasteiger partial charge on any atom is 0.0642 e. The molecule has 19 heavy (non-hydrogen) atoms. The fourth-order valence-electron chi connectivity index (χ4n) is 2.83. The van der Waals surface area contributed by atoms with Gasteiger partial charge in [0.05, 0.1) is 10.7 Å². The van der Waals surface area contributed by atoms with Crippen LogP contribution in [0, 0.1) is 0 Å². The summed E-state index contributed by atoms with van der Waals surface area (Å²) in [5.41, 5.74) is 8.15. The summed E-state index contributed by atoms with van der Waals surface area (Å²) in [4.78, 5) is 5.01. The summed E-state index contributed by atoms with van der Waals surface area (Å²) in [5, 5.41) is 0.828. The Labute approximate surface area is 120 Å². The first kappa shape index (κ1) is 13.2. The molecular formula is C15H22ClN3. The van der Waals surface area contributed by atoms with E-state index in [1.54, 1.807) is 0 Å². The minimum Gasteiger partial charge on any atom is -0.368 e. The second-order valence-electron chi connectivity index (χ2n) is 5.75. The first-order chi connectivity index (χ1) is 9.15. The Bertz CT molecular complexity index is 449. The van der Waals surface area contributed by atoms with Gasteiger partial charge in [-0.15, -0.1) is 0 Å². The molecule has 1 atom stereocenters. The van der Waals surface area contributed by atoms with Gasteiger partial charge in [0.2, 0.25) is 0 Å². The summed E-state index contributed by atoms with van der Waals surface area (Å²) < 4.78 is 0. The van der Waals surface area contributed by atoms with Gasteiger partial charge in [0.1, 0.15) is 0 Å². The highest BCUT2D eigenvalue weighted by Crippen LogP contribution is 2.32. The van der Waals surface area contributed by atoms with Gasteiger partial charge in [-0.05, 0) is 37.5 Å². The van der Waals surface area contributed by atoms with E-state index in [0.717, 1.165) is 48.5 Å². The van der Waals surface area contributed by atoms with E-state index < -0.39 is 0 Å². The van der Waals surface area contributed by atoms with Crippen molar-refractivity contribution in [3.8, 4) is 0 Å². The summed E-state index contributed by atoms with van der Waals surface area (Å²) in [6.07, 6.45) is 2.79. The number of hydrogen-bond donors (Lipinski definition) is 1. The molecule has 1 saturated carbocycles. The first-order valence-corrected chi connectivity index (χ1v) is 7.57. The molecule has 2 N–H and O–H groups in total. The summed E-state index contributed by atoms with van der Waals surface area (Å²) in [6, 6.07) is 7.14. The number of nitrogens with two attached hydrogens (primary N) is 1. The standard InChI is InChI=1S/C15H22ClN3/c1-11(17)12-2-5-15(14(16)10-12)19-8-6-18(7-9-19)13-3-4-13/h2,5,10-11,13H,3-4,6-9,17H2,1H3. The Balaban J connectivity index is 1.69. The molecule has 3 nitrogen and oxygen atoms in total. The van der Waals surface area contributed by atoms with Crippen molar-refractivity contribution in [3.05, 3.63) is 28.8 Å². The van der Waals surface area contributed by atoms with Crippen LogP contribution in [0.15, 0.2) is 18.2 Å². The third kappa shape index (κ3) is 2.88. The molecular weight excluding hydrogens is 258 g/mol. The number of anilines is 1. The molecule has 2 aliphatic rings. The topological polar surface area (TPSA) is 32.5 Å². The molecule has 4 heteroatoms. The second-order valence-corrected chi connectivity index (χ2v) is 6.16. The van der Waals surface area contributed by atoms with Crippen molar-refractivity contribution in [2.45, 2.75) is 31.8 Å². The fraction of sp³-hybridized carbons (Fsp3) is 0.600. The Morgan fingerprint density at radius 2 is 1.89 bits per heavy atom. The summed E-state index contributed by atoms with van der Waals surface area (Å²) in [5.74, 6) is 0. The van der Waals surface area contributed by atoms with E-state index in [0.29, 0.717) is 0 Å². The highest BCUT2D eigenvalue weighted by molar-refractivity contribution is 6.33. The zero-order valence-corrected chi connectivity index (χ0v) is 12.2. The summed E-state index contributed by atoms with van der Waals surface area (Å²) >= 11 is 6.41. The molecule has 3 rings (SSSR count). The maximum absolute atomic E-state index is 6.41. The molecule has 0 radical (unpaired) electrons. The Morgan fingerprint density at radius 3 is 2.42 bits per heavy atom. The van der Waals surface area contributed by atoms with Crippen molar-refractivity contribution in [3.63, 3.8) is 0 Å². The van der Waals surface area contributed by atoms with Crippen LogP contribution in [0.3, 0.4) is 0 Å². The monoisotopic (exact) mass is 279 g/mol. The van der Waals surface area contributed by atoms with Crippen LogP contribution < -0.4 is 10.6 Å². The number of halogens is 1. The minimum atomic E-state index is 0.0401. The van der Waals surface area contributed by atoms with Crippen molar-refractivity contribution in [1.29, 1.82) is 0 Å². The van der Waals surface area contributed by atoms with E-state index in [4.69, 9.17) is 17.3 Å². The Kier molecular flexibility index (Phi) is 3.70. The van der Waals surface area contributed by atoms with E-state index in [2.05, 4.69) is 21.9 Å². The predicted molar refractivity (Wildman–Crippen MR) is 80.9 cm³/mol. The van der Waals surface area contributed by atoms with Crippen LogP contribution in [0.5, 0.6) is 0 Å². The van der Waals surface area contributed by atoms with Gasteiger partial charge in [0, 0.05) is 38.3 Å². The van der Waals surface area contributed by atoms with Gasteiger partial charge < -0.3 is 10.6 Å². The fourth-order valence-corrected chi connectivity index (χ4v) is 3.14. The number of nitrogens with zero attached hydrogens (tertiary/aromatic N) is 2. The molecule has 0 bridgehead atoms. The van der Waals surface area contributed by atoms with E-state index >= 15 is 0 Å². The highest BCUT2D eigenvalue weighted by Gasteiger charge is 2.31. The summed E-state index contributed by atoms with van der Waals surface area (Å²) in [6.45, 7) is 6.47. The Hall–Kier alpha value is -0.770. The van der Waals surface area contributed by atoms with Crippen molar-refractivity contribution in [1.82, 2.24) is 4.90 Å². The zero-order chi connectivity index (χ0) is 13.4. The molecule has 1 unspecified atom stereocenters. The van der Waals surface area contributed by atoms with Crippen LogP contribution in [-0.2, 0) is 0 Å². The van der Waals surface area contributed by atoms with Crippen molar-refractivity contribution < 1.29 is 0 Å². The van der Waals surface area contributed by atoms with Gasteiger partial charge in [-0.25, -0.2) is 0 Å². The van der Waals surface area contributed by atoms with Crippen LogP contribution >= 0.6 is 11.6 Å². The molecule has 104 valence electrons. The molecule has 1 aromatic rings. The summed E-state index contributed by atoms with van der Waals surface area (Å²) in [7, 11) is 0. The molecule has 1 heterocycles. The molecule has 1 aliphatic carbocycles. The van der Waals surface area contributed by atoms with Gasteiger partial charge in [-0.1, -0.05) is 17.7 Å². The predicted octanol–water partition coefficient (Wildman–Crippen LogP) is 2.64. The molecule has 0 spiro atoms. The lowest BCUT2D eigenvalue weighted by atomic mass is 10.1. The SMILES string of the molecule is CC(N)c1ccc(N2CCN(C3CC3)CC2)c(Cl)c1. The number of piperazine rings is 1. The average molecular weight is 280 g/mol. The van der Waals surface area contributed by atoms with E-state index in [-0.39, 0.29) is 6.04 Å². The maximum atomic E-state index is 6.41. The van der Waals surface area contributed by atoms with Gasteiger partial charge in [0.15, 0.2) is 0 Å².